The highest BCUT2D eigenvalue weighted by Crippen LogP contribution is 2.35. The molecule has 1 aliphatic rings. The third-order valence-electron chi connectivity index (χ3n) is 5.25. The quantitative estimate of drug-likeness (QED) is 0.457. The van der Waals surface area contributed by atoms with Crippen molar-refractivity contribution in [1.29, 1.82) is 0 Å². The maximum absolute atomic E-state index is 13.2. The van der Waals surface area contributed by atoms with Crippen LogP contribution in [-0.2, 0) is 0 Å². The van der Waals surface area contributed by atoms with Crippen molar-refractivity contribution in [2.45, 2.75) is 11.7 Å². The fraction of sp³-hybridized carbons (Fsp3) is 0.217. The summed E-state index contributed by atoms with van der Waals surface area (Å²) in [5, 5.41) is 5.31. The van der Waals surface area contributed by atoms with E-state index < -0.39 is 0 Å². The van der Waals surface area contributed by atoms with Crippen molar-refractivity contribution in [2.75, 3.05) is 18.8 Å². The van der Waals surface area contributed by atoms with E-state index in [1.807, 2.05) is 77.3 Å². The molecule has 146 valence electrons. The van der Waals surface area contributed by atoms with Gasteiger partial charge in [-0.15, -0.1) is 11.8 Å². The summed E-state index contributed by atoms with van der Waals surface area (Å²) >= 11 is 1.85. The Kier molecular flexibility index (Phi) is 4.86. The summed E-state index contributed by atoms with van der Waals surface area (Å²) in [6.07, 6.45) is 2.59. The van der Waals surface area contributed by atoms with Gasteiger partial charge in [0.25, 0.3) is 5.91 Å². The number of amides is 1. The van der Waals surface area contributed by atoms with Gasteiger partial charge in [0.15, 0.2) is 5.76 Å². The van der Waals surface area contributed by atoms with Crippen LogP contribution in [0.4, 0.5) is 0 Å². The molecule has 1 unspecified atom stereocenters. The molecule has 6 heteroatoms. The number of thioether (sulfide) groups is 1. The van der Waals surface area contributed by atoms with E-state index in [0.29, 0.717) is 23.1 Å². The molecule has 0 N–H and O–H groups in total. The highest BCUT2D eigenvalue weighted by molar-refractivity contribution is 7.99. The SMILES string of the molecule is O=C(c1ccc2noc(-c3ccccc3)c2c1)N1CCSC(c2ccco2)CC1. The highest BCUT2D eigenvalue weighted by Gasteiger charge is 2.25. The van der Waals surface area contributed by atoms with Gasteiger partial charge in [-0.25, -0.2) is 0 Å². The number of carbonyl (C=O) groups excluding carboxylic acids is 1. The second-order valence-corrected chi connectivity index (χ2v) is 8.38. The molecule has 3 heterocycles. The molecule has 4 aromatic rings. The molecule has 0 spiro atoms. The van der Waals surface area contributed by atoms with Gasteiger partial charge in [0, 0.05) is 30.0 Å². The predicted molar refractivity (Wildman–Crippen MR) is 114 cm³/mol. The first-order chi connectivity index (χ1) is 14.3. The summed E-state index contributed by atoms with van der Waals surface area (Å²) in [6, 6.07) is 19.4. The van der Waals surface area contributed by atoms with Gasteiger partial charge in [-0.05, 0) is 36.8 Å². The van der Waals surface area contributed by atoms with Crippen LogP contribution in [0.2, 0.25) is 0 Å². The summed E-state index contributed by atoms with van der Waals surface area (Å²) in [7, 11) is 0. The number of furan rings is 1. The number of hydrogen-bond donors (Lipinski definition) is 0. The lowest BCUT2D eigenvalue weighted by Crippen LogP contribution is -2.32. The van der Waals surface area contributed by atoms with Crippen molar-refractivity contribution in [2.24, 2.45) is 0 Å². The van der Waals surface area contributed by atoms with Crippen molar-refractivity contribution >= 4 is 28.6 Å². The Bertz CT molecular complexity index is 1120. The van der Waals surface area contributed by atoms with Gasteiger partial charge in [0.2, 0.25) is 0 Å². The van der Waals surface area contributed by atoms with E-state index in [9.17, 15) is 4.79 Å². The molecule has 1 aliphatic heterocycles. The lowest BCUT2D eigenvalue weighted by atomic mass is 10.1. The maximum Gasteiger partial charge on any atom is 0.253 e. The standard InChI is InChI=1S/C23H20N2O3S/c26-23(25-11-10-21(29-14-12-25)20-7-4-13-27-20)17-8-9-19-18(15-17)22(28-24-19)16-5-2-1-3-6-16/h1-9,13,15,21H,10-12,14H2. The first-order valence-corrected chi connectivity index (χ1v) is 10.7. The highest BCUT2D eigenvalue weighted by atomic mass is 32.2. The Hall–Kier alpha value is -2.99. The molecule has 0 saturated carbocycles. The predicted octanol–water partition coefficient (Wildman–Crippen LogP) is 5.41. The van der Waals surface area contributed by atoms with E-state index >= 15 is 0 Å². The van der Waals surface area contributed by atoms with E-state index in [1.165, 1.54) is 0 Å². The Balaban J connectivity index is 1.39. The normalized spacial score (nSPS) is 17.4. The van der Waals surface area contributed by atoms with Crippen molar-refractivity contribution < 1.29 is 13.7 Å². The molecule has 2 aromatic heterocycles. The minimum atomic E-state index is 0.0489. The van der Waals surface area contributed by atoms with Crippen molar-refractivity contribution in [3.8, 4) is 11.3 Å². The molecule has 29 heavy (non-hydrogen) atoms. The monoisotopic (exact) mass is 404 g/mol. The van der Waals surface area contributed by atoms with Crippen LogP contribution in [0.25, 0.3) is 22.2 Å². The number of rotatable bonds is 3. The van der Waals surface area contributed by atoms with Gasteiger partial charge in [-0.2, -0.15) is 0 Å². The fourth-order valence-electron chi connectivity index (χ4n) is 3.73. The average molecular weight is 404 g/mol. The Morgan fingerprint density at radius 3 is 2.79 bits per heavy atom. The van der Waals surface area contributed by atoms with Gasteiger partial charge >= 0.3 is 0 Å². The van der Waals surface area contributed by atoms with Gasteiger partial charge < -0.3 is 13.8 Å². The first kappa shape index (κ1) is 18.1. The molecule has 0 aliphatic carbocycles. The molecule has 5 rings (SSSR count). The number of benzene rings is 2. The van der Waals surface area contributed by atoms with Crippen LogP contribution in [0.1, 0.15) is 27.8 Å². The van der Waals surface area contributed by atoms with Crippen LogP contribution in [-0.4, -0.2) is 34.8 Å². The third kappa shape index (κ3) is 3.56. The molecule has 1 saturated heterocycles. The second kappa shape index (κ2) is 7.79. The van der Waals surface area contributed by atoms with Crippen LogP contribution in [0.5, 0.6) is 0 Å². The summed E-state index contributed by atoms with van der Waals surface area (Å²) in [6.45, 7) is 1.44. The number of fused-ring (bicyclic) bond motifs is 1. The summed E-state index contributed by atoms with van der Waals surface area (Å²) in [5.41, 5.74) is 2.37. The summed E-state index contributed by atoms with van der Waals surface area (Å²) in [5.74, 6) is 2.62. The fourth-order valence-corrected chi connectivity index (χ4v) is 4.91. The number of nitrogens with zero attached hydrogens (tertiary/aromatic N) is 2. The van der Waals surface area contributed by atoms with Crippen LogP contribution in [0, 0.1) is 0 Å². The first-order valence-electron chi connectivity index (χ1n) is 9.69. The van der Waals surface area contributed by atoms with Crippen molar-refractivity contribution in [3.05, 3.63) is 78.3 Å². The zero-order chi connectivity index (χ0) is 19.6. The van der Waals surface area contributed by atoms with Crippen molar-refractivity contribution in [3.63, 3.8) is 0 Å². The lowest BCUT2D eigenvalue weighted by Gasteiger charge is -2.20. The largest absolute Gasteiger partial charge is 0.468 e. The van der Waals surface area contributed by atoms with E-state index in [4.69, 9.17) is 8.94 Å². The van der Waals surface area contributed by atoms with Gasteiger partial charge in [0.1, 0.15) is 11.3 Å². The summed E-state index contributed by atoms with van der Waals surface area (Å²) in [4.78, 5) is 15.1. The van der Waals surface area contributed by atoms with Crippen LogP contribution in [0.3, 0.4) is 0 Å². The number of carbonyl (C=O) groups is 1. The zero-order valence-electron chi connectivity index (χ0n) is 15.8. The van der Waals surface area contributed by atoms with Gasteiger partial charge in [-0.3, -0.25) is 4.79 Å². The molecular formula is C23H20N2O3S. The molecule has 2 aromatic carbocycles. The smallest absolute Gasteiger partial charge is 0.253 e. The Labute approximate surface area is 172 Å². The van der Waals surface area contributed by atoms with Gasteiger partial charge in [-0.1, -0.05) is 35.5 Å². The topological polar surface area (TPSA) is 59.5 Å². The third-order valence-corrected chi connectivity index (χ3v) is 6.54. The summed E-state index contributed by atoms with van der Waals surface area (Å²) < 4.78 is 11.1. The van der Waals surface area contributed by atoms with E-state index in [0.717, 1.165) is 40.9 Å². The molecule has 5 nitrogen and oxygen atoms in total. The lowest BCUT2D eigenvalue weighted by molar-refractivity contribution is 0.0766. The minimum Gasteiger partial charge on any atom is -0.468 e. The molecule has 1 atom stereocenters. The number of hydrogen-bond acceptors (Lipinski definition) is 5. The van der Waals surface area contributed by atoms with Crippen LogP contribution in [0.15, 0.2) is 75.9 Å². The molecule has 1 amide bonds. The van der Waals surface area contributed by atoms with E-state index in [-0.39, 0.29) is 5.91 Å². The average Bonchev–Trinajstić information content (AvgIpc) is 3.38. The Morgan fingerprint density at radius 1 is 1.07 bits per heavy atom. The van der Waals surface area contributed by atoms with Gasteiger partial charge in [0.05, 0.1) is 16.9 Å². The van der Waals surface area contributed by atoms with Crippen LogP contribution >= 0.6 is 11.8 Å². The number of aromatic nitrogens is 1. The maximum atomic E-state index is 13.2. The second-order valence-electron chi connectivity index (χ2n) is 7.07. The van der Waals surface area contributed by atoms with E-state index in [2.05, 4.69) is 5.16 Å². The molecule has 0 bridgehead atoms. The Morgan fingerprint density at radius 2 is 1.97 bits per heavy atom. The molecule has 0 radical (unpaired) electrons. The van der Waals surface area contributed by atoms with E-state index in [1.54, 1.807) is 6.26 Å². The molecular weight excluding hydrogens is 384 g/mol. The molecule has 1 fully saturated rings. The van der Waals surface area contributed by atoms with Crippen LogP contribution < -0.4 is 0 Å². The van der Waals surface area contributed by atoms with Crippen molar-refractivity contribution in [1.82, 2.24) is 10.1 Å². The minimum absolute atomic E-state index is 0.0489. The zero-order valence-corrected chi connectivity index (χ0v) is 16.6.